The van der Waals surface area contributed by atoms with Gasteiger partial charge in [-0.3, -0.25) is 4.98 Å². The van der Waals surface area contributed by atoms with E-state index in [1.54, 1.807) is 23.1 Å². The highest BCUT2D eigenvalue weighted by Gasteiger charge is 2.31. The monoisotopic (exact) mass is 539 g/mol. The summed E-state index contributed by atoms with van der Waals surface area (Å²) in [6.45, 7) is 2.00. The molecule has 0 amide bonds. The number of hydrazone groups is 1. The Morgan fingerprint density at radius 3 is 2.54 bits per heavy atom. The van der Waals surface area contributed by atoms with Gasteiger partial charge in [0, 0.05) is 30.5 Å². The summed E-state index contributed by atoms with van der Waals surface area (Å²) in [5.74, 6) is -0.269. The Hall–Kier alpha value is -4.72. The number of hydrogen-bond donors (Lipinski definition) is 2. The Morgan fingerprint density at radius 2 is 1.82 bits per heavy atom. The minimum absolute atomic E-state index is 0.108. The van der Waals surface area contributed by atoms with Gasteiger partial charge in [0.05, 0.1) is 54.5 Å². The zero-order chi connectivity index (χ0) is 27.2. The minimum atomic E-state index is -4.54. The van der Waals surface area contributed by atoms with Crippen molar-refractivity contribution in [3.05, 3.63) is 78.4 Å². The highest BCUT2D eigenvalue weighted by Crippen LogP contribution is 2.35. The lowest BCUT2D eigenvalue weighted by atomic mass is 10.1. The number of benzene rings is 1. The molecular formula is C25H21F4N9O. The summed E-state index contributed by atoms with van der Waals surface area (Å²) in [6, 6.07) is 8.40. The van der Waals surface area contributed by atoms with Gasteiger partial charge in [0.1, 0.15) is 6.33 Å². The normalized spacial score (nSPS) is 14.0. The van der Waals surface area contributed by atoms with Crippen LogP contribution in [0.25, 0.3) is 11.3 Å². The summed E-state index contributed by atoms with van der Waals surface area (Å²) in [5, 5.41) is 6.98. The standard InChI is InChI=1S/C25H21F4N9O/c26-21-14-32-24(36-23(21)38-5-7-39-8-6-38)37-34-13-18-1-2-19(12-31-18)35-20-10-16(22-3-4-30-15-33-22)9-17(11-20)25(27,28)29/h1-4,9-15,35H,5-8H2,(H,32,36,37). The molecule has 2 N–H and O–H groups in total. The molecule has 4 aromatic rings. The van der Waals surface area contributed by atoms with Gasteiger partial charge in [-0.1, -0.05) is 0 Å². The fourth-order valence-corrected chi connectivity index (χ4v) is 3.76. The van der Waals surface area contributed by atoms with E-state index in [2.05, 4.69) is 40.8 Å². The molecule has 0 unspecified atom stereocenters. The van der Waals surface area contributed by atoms with Gasteiger partial charge < -0.3 is 15.0 Å². The van der Waals surface area contributed by atoms with Crippen molar-refractivity contribution < 1.29 is 22.3 Å². The van der Waals surface area contributed by atoms with Crippen molar-refractivity contribution in [3.8, 4) is 11.3 Å². The van der Waals surface area contributed by atoms with E-state index in [4.69, 9.17) is 4.74 Å². The van der Waals surface area contributed by atoms with Gasteiger partial charge in [0.25, 0.3) is 0 Å². The first-order valence-corrected chi connectivity index (χ1v) is 11.7. The van der Waals surface area contributed by atoms with Crippen LogP contribution in [0.1, 0.15) is 11.3 Å². The second-order valence-electron chi connectivity index (χ2n) is 8.32. The Bertz CT molecular complexity index is 1440. The van der Waals surface area contributed by atoms with Crippen molar-refractivity contribution in [2.75, 3.05) is 41.9 Å². The van der Waals surface area contributed by atoms with Crippen LogP contribution in [0.15, 0.2) is 66.4 Å². The lowest BCUT2D eigenvalue weighted by molar-refractivity contribution is -0.137. The van der Waals surface area contributed by atoms with Gasteiger partial charge in [-0.2, -0.15) is 23.3 Å². The van der Waals surface area contributed by atoms with Crippen LogP contribution < -0.4 is 15.6 Å². The molecule has 0 aliphatic carbocycles. The third kappa shape index (κ3) is 6.59. The summed E-state index contributed by atoms with van der Waals surface area (Å²) in [6.07, 6.45) is 2.12. The average Bonchev–Trinajstić information content (AvgIpc) is 2.95. The lowest BCUT2D eigenvalue weighted by Gasteiger charge is -2.27. The summed E-state index contributed by atoms with van der Waals surface area (Å²) in [5.41, 5.74) is 3.61. The molecule has 0 saturated carbocycles. The summed E-state index contributed by atoms with van der Waals surface area (Å²) >= 11 is 0. The molecule has 0 radical (unpaired) electrons. The van der Waals surface area contributed by atoms with Crippen molar-refractivity contribution in [1.29, 1.82) is 0 Å². The van der Waals surface area contributed by atoms with Crippen molar-refractivity contribution >= 4 is 29.4 Å². The second kappa shape index (κ2) is 11.3. The quantitative estimate of drug-likeness (QED) is 0.199. The SMILES string of the molecule is Fc1cnc(NN=Cc2ccc(Nc3cc(-c4ccncn4)cc(C(F)(F)F)c3)cn2)nc1N1CCOCC1. The molecule has 0 atom stereocenters. The van der Waals surface area contributed by atoms with Crippen molar-refractivity contribution in [2.45, 2.75) is 6.18 Å². The highest BCUT2D eigenvalue weighted by atomic mass is 19.4. The third-order valence-electron chi connectivity index (χ3n) is 5.61. The molecule has 1 aliphatic heterocycles. The maximum atomic E-state index is 14.2. The predicted molar refractivity (Wildman–Crippen MR) is 136 cm³/mol. The minimum Gasteiger partial charge on any atom is -0.378 e. The molecular weight excluding hydrogens is 518 g/mol. The Balaban J connectivity index is 1.27. The van der Waals surface area contributed by atoms with E-state index >= 15 is 0 Å². The number of nitrogens with one attached hydrogen (secondary N) is 2. The van der Waals surface area contributed by atoms with E-state index in [9.17, 15) is 17.6 Å². The van der Waals surface area contributed by atoms with Gasteiger partial charge >= 0.3 is 6.18 Å². The average molecular weight is 539 g/mol. The molecule has 5 rings (SSSR count). The Morgan fingerprint density at radius 1 is 0.974 bits per heavy atom. The topological polar surface area (TPSA) is 113 Å². The van der Waals surface area contributed by atoms with Gasteiger partial charge in [-0.25, -0.2) is 24.8 Å². The maximum Gasteiger partial charge on any atom is 0.416 e. The molecule has 0 bridgehead atoms. The molecule has 10 nitrogen and oxygen atoms in total. The van der Waals surface area contributed by atoms with Crippen molar-refractivity contribution in [2.24, 2.45) is 5.10 Å². The fourth-order valence-electron chi connectivity index (χ4n) is 3.76. The number of rotatable bonds is 7. The van der Waals surface area contributed by atoms with Crippen LogP contribution in [-0.4, -0.2) is 57.4 Å². The maximum absolute atomic E-state index is 14.2. The number of halogens is 4. The van der Waals surface area contributed by atoms with Gasteiger partial charge in [0.15, 0.2) is 11.6 Å². The first kappa shape index (κ1) is 25.9. The van der Waals surface area contributed by atoms with E-state index in [1.165, 1.54) is 31.0 Å². The highest BCUT2D eigenvalue weighted by molar-refractivity contribution is 5.78. The zero-order valence-corrected chi connectivity index (χ0v) is 20.2. The summed E-state index contributed by atoms with van der Waals surface area (Å²) in [7, 11) is 0. The van der Waals surface area contributed by atoms with Crippen LogP contribution in [0.2, 0.25) is 0 Å². The lowest BCUT2D eigenvalue weighted by Crippen LogP contribution is -2.37. The van der Waals surface area contributed by atoms with Gasteiger partial charge in [-0.05, 0) is 36.4 Å². The van der Waals surface area contributed by atoms with Gasteiger partial charge in [-0.15, -0.1) is 0 Å². The largest absolute Gasteiger partial charge is 0.416 e. The first-order chi connectivity index (χ1) is 18.8. The number of aromatic nitrogens is 5. The summed E-state index contributed by atoms with van der Waals surface area (Å²) < 4.78 is 60.0. The molecule has 1 fully saturated rings. The van der Waals surface area contributed by atoms with Crippen molar-refractivity contribution in [1.82, 2.24) is 24.9 Å². The molecule has 1 aromatic carbocycles. The summed E-state index contributed by atoms with van der Waals surface area (Å²) in [4.78, 5) is 21.9. The van der Waals surface area contributed by atoms with E-state index < -0.39 is 17.6 Å². The Labute approximate surface area is 219 Å². The van der Waals surface area contributed by atoms with Crippen LogP contribution in [0.4, 0.5) is 40.7 Å². The number of ether oxygens (including phenoxy) is 1. The number of pyridine rings is 1. The number of alkyl halides is 3. The van der Waals surface area contributed by atoms with Crippen molar-refractivity contribution in [3.63, 3.8) is 0 Å². The van der Waals surface area contributed by atoms with E-state index in [0.717, 1.165) is 18.3 Å². The van der Waals surface area contributed by atoms with Crippen LogP contribution in [0.3, 0.4) is 0 Å². The molecule has 0 spiro atoms. The zero-order valence-electron chi connectivity index (χ0n) is 20.2. The number of nitrogens with zero attached hydrogens (tertiary/aromatic N) is 7. The third-order valence-corrected chi connectivity index (χ3v) is 5.61. The first-order valence-electron chi connectivity index (χ1n) is 11.7. The number of anilines is 4. The molecule has 4 heterocycles. The number of morpholine rings is 1. The van der Waals surface area contributed by atoms with E-state index in [1.807, 2.05) is 0 Å². The molecule has 39 heavy (non-hydrogen) atoms. The van der Waals surface area contributed by atoms with Crippen LogP contribution in [0.5, 0.6) is 0 Å². The molecule has 1 saturated heterocycles. The number of hydrogen-bond acceptors (Lipinski definition) is 10. The van der Waals surface area contributed by atoms with Crippen LogP contribution in [0, 0.1) is 5.82 Å². The fraction of sp³-hybridized carbons (Fsp3) is 0.200. The predicted octanol–water partition coefficient (Wildman–Crippen LogP) is 4.51. The molecule has 200 valence electrons. The smallest absolute Gasteiger partial charge is 0.378 e. The second-order valence-corrected chi connectivity index (χ2v) is 8.32. The molecule has 3 aromatic heterocycles. The van der Waals surface area contributed by atoms with E-state index in [-0.39, 0.29) is 23.0 Å². The Kier molecular flexibility index (Phi) is 7.54. The van der Waals surface area contributed by atoms with E-state index in [0.29, 0.717) is 43.4 Å². The van der Waals surface area contributed by atoms with Crippen LogP contribution >= 0.6 is 0 Å². The molecule has 14 heteroatoms. The molecule has 1 aliphatic rings. The van der Waals surface area contributed by atoms with Gasteiger partial charge in [0.2, 0.25) is 5.95 Å². The van der Waals surface area contributed by atoms with Crippen LogP contribution in [-0.2, 0) is 10.9 Å².